The Morgan fingerprint density at radius 3 is 2.09 bits per heavy atom. The van der Waals surface area contributed by atoms with Crippen LogP contribution in [0.15, 0.2) is 30.3 Å². The zero-order valence-corrected chi connectivity index (χ0v) is 18.5. The summed E-state index contributed by atoms with van der Waals surface area (Å²) in [5, 5.41) is 20.6. The maximum absolute atomic E-state index is 13.3. The van der Waals surface area contributed by atoms with E-state index in [-0.39, 0.29) is 17.7 Å². The maximum atomic E-state index is 13.3. The molecule has 3 heterocycles. The molecule has 11 heteroatoms. The molecule has 9 nitrogen and oxygen atoms in total. The molecule has 2 aliphatic heterocycles. The maximum Gasteiger partial charge on any atom is 0.321 e. The Morgan fingerprint density at radius 2 is 1.56 bits per heavy atom. The number of nitrogens with one attached hydrogen (secondary N) is 1. The van der Waals surface area contributed by atoms with E-state index >= 15 is 0 Å². The highest BCUT2D eigenvalue weighted by Crippen LogP contribution is 2.21. The molecule has 0 atom stereocenters. The molecule has 0 unspecified atom stereocenters. The van der Waals surface area contributed by atoms with Crippen molar-refractivity contribution in [1.82, 2.24) is 20.0 Å². The smallest absolute Gasteiger partial charge is 0.321 e. The number of aliphatic hydroxyl groups is 1. The summed E-state index contributed by atoms with van der Waals surface area (Å²) in [6, 6.07) is 7.83. The van der Waals surface area contributed by atoms with Crippen molar-refractivity contribution in [3.05, 3.63) is 41.2 Å². The monoisotopic (exact) mass is 463 g/mol. The molecule has 172 valence electrons. The number of rotatable bonds is 5. The van der Waals surface area contributed by atoms with Crippen LogP contribution in [0.1, 0.15) is 0 Å². The number of β-amino-alcohol motifs (C(OH)–C–C–N with tert-alkyl or cyclic N) is 1. The summed E-state index contributed by atoms with van der Waals surface area (Å²) in [4.78, 5) is 20.8. The first kappa shape index (κ1) is 22.5. The minimum atomic E-state index is -0.519. The molecule has 1 aromatic carbocycles. The Bertz CT molecular complexity index is 917. The molecule has 2 N–H and O–H groups in total. The molecule has 1 aromatic heterocycles. The molecule has 32 heavy (non-hydrogen) atoms. The number of benzene rings is 1. The van der Waals surface area contributed by atoms with Crippen LogP contribution in [0, 0.1) is 5.82 Å². The Balaban J connectivity index is 1.27. The first-order valence-electron chi connectivity index (χ1n) is 10.7. The van der Waals surface area contributed by atoms with E-state index in [9.17, 15) is 9.18 Å². The summed E-state index contributed by atoms with van der Waals surface area (Å²) < 4.78 is 13.3. The lowest BCUT2D eigenvalue weighted by Crippen LogP contribution is -2.50. The Hall–Kier alpha value is -2.69. The fourth-order valence-corrected chi connectivity index (χ4v) is 4.09. The third kappa shape index (κ3) is 5.37. The van der Waals surface area contributed by atoms with Crippen LogP contribution in [0.5, 0.6) is 0 Å². The number of carbonyl (C=O) groups is 1. The summed E-state index contributed by atoms with van der Waals surface area (Å²) >= 11 is 5.78. The summed E-state index contributed by atoms with van der Waals surface area (Å²) in [6.07, 6.45) is 0. The van der Waals surface area contributed by atoms with Crippen LogP contribution in [0.2, 0.25) is 5.02 Å². The van der Waals surface area contributed by atoms with Crippen molar-refractivity contribution in [1.29, 1.82) is 0 Å². The van der Waals surface area contributed by atoms with E-state index < -0.39 is 5.82 Å². The van der Waals surface area contributed by atoms with Gasteiger partial charge < -0.3 is 25.1 Å². The lowest BCUT2D eigenvalue weighted by atomic mass is 10.3. The van der Waals surface area contributed by atoms with E-state index in [1.807, 2.05) is 12.1 Å². The van der Waals surface area contributed by atoms with Gasteiger partial charge in [-0.2, -0.15) is 0 Å². The molecule has 0 saturated carbocycles. The van der Waals surface area contributed by atoms with E-state index in [4.69, 9.17) is 16.7 Å². The van der Waals surface area contributed by atoms with E-state index in [0.717, 1.165) is 37.8 Å². The lowest BCUT2D eigenvalue weighted by Gasteiger charge is -2.36. The van der Waals surface area contributed by atoms with Gasteiger partial charge in [0.15, 0.2) is 11.6 Å². The highest BCUT2D eigenvalue weighted by molar-refractivity contribution is 6.31. The number of halogens is 2. The van der Waals surface area contributed by atoms with E-state index in [1.54, 1.807) is 4.90 Å². The molecule has 0 bridgehead atoms. The third-order valence-electron chi connectivity index (χ3n) is 5.81. The van der Waals surface area contributed by atoms with Crippen LogP contribution in [-0.2, 0) is 0 Å². The number of nitrogens with zero attached hydrogens (tertiary/aromatic N) is 6. The summed E-state index contributed by atoms with van der Waals surface area (Å²) in [5.41, 5.74) is 0.461. The second-order valence-electron chi connectivity index (χ2n) is 7.84. The van der Waals surface area contributed by atoms with Gasteiger partial charge in [0.1, 0.15) is 5.82 Å². The van der Waals surface area contributed by atoms with Gasteiger partial charge in [-0.05, 0) is 30.3 Å². The zero-order valence-electron chi connectivity index (χ0n) is 17.8. The molecule has 2 aliphatic rings. The normalized spacial score (nSPS) is 17.5. The summed E-state index contributed by atoms with van der Waals surface area (Å²) in [7, 11) is 0. The molecule has 0 spiro atoms. The predicted molar refractivity (Wildman–Crippen MR) is 122 cm³/mol. The van der Waals surface area contributed by atoms with E-state index in [1.165, 1.54) is 18.2 Å². The third-order valence-corrected chi connectivity index (χ3v) is 6.10. The van der Waals surface area contributed by atoms with E-state index in [2.05, 4.69) is 30.2 Å². The minimum absolute atomic E-state index is 0.0262. The Kier molecular flexibility index (Phi) is 7.23. The van der Waals surface area contributed by atoms with Crippen LogP contribution in [0.25, 0.3) is 0 Å². The lowest BCUT2D eigenvalue weighted by molar-refractivity contribution is 0.188. The number of aliphatic hydroxyl groups excluding tert-OH is 1. The second kappa shape index (κ2) is 10.3. The minimum Gasteiger partial charge on any atom is -0.395 e. The van der Waals surface area contributed by atoms with Crippen LogP contribution in [0.3, 0.4) is 0 Å². The first-order chi connectivity index (χ1) is 15.5. The molecule has 4 rings (SSSR count). The highest BCUT2D eigenvalue weighted by Gasteiger charge is 2.23. The molecular formula is C21H27ClFN7O2. The van der Waals surface area contributed by atoms with Gasteiger partial charge in [0.25, 0.3) is 0 Å². The molecule has 2 fully saturated rings. The highest BCUT2D eigenvalue weighted by atomic mass is 35.5. The first-order valence-corrected chi connectivity index (χ1v) is 11.1. The average Bonchev–Trinajstić information content (AvgIpc) is 2.82. The summed E-state index contributed by atoms with van der Waals surface area (Å²) in [5.74, 6) is 1.13. The summed E-state index contributed by atoms with van der Waals surface area (Å²) in [6.45, 7) is 6.79. The average molecular weight is 464 g/mol. The zero-order chi connectivity index (χ0) is 22.5. The fourth-order valence-electron chi connectivity index (χ4n) is 3.91. The number of piperazine rings is 2. The van der Waals surface area contributed by atoms with Crippen LogP contribution in [-0.4, -0.2) is 96.6 Å². The van der Waals surface area contributed by atoms with Crippen molar-refractivity contribution in [3.63, 3.8) is 0 Å². The standard InChI is InChI=1S/C21H27ClFN7O2/c22-17-15-16(1-2-18(17)23)24-21(32)30-11-9-29(10-12-30)20-4-3-19(25-26-20)28-7-5-27(6-8-28)13-14-31/h1-4,15,31H,5-14H2,(H,24,32). The molecule has 2 saturated heterocycles. The second-order valence-corrected chi connectivity index (χ2v) is 8.24. The number of hydrogen-bond donors (Lipinski definition) is 2. The van der Waals surface area contributed by atoms with Gasteiger partial charge >= 0.3 is 6.03 Å². The van der Waals surface area contributed by atoms with Crippen LogP contribution in [0.4, 0.5) is 26.5 Å². The van der Waals surface area contributed by atoms with Crippen molar-refractivity contribution in [2.75, 3.05) is 80.6 Å². The van der Waals surface area contributed by atoms with Crippen LogP contribution >= 0.6 is 11.6 Å². The van der Waals surface area contributed by atoms with E-state index in [0.29, 0.717) is 38.4 Å². The van der Waals surface area contributed by atoms with Crippen molar-refractivity contribution in [3.8, 4) is 0 Å². The number of hydrogen-bond acceptors (Lipinski definition) is 7. The molecule has 0 radical (unpaired) electrons. The number of urea groups is 1. The Labute approximate surface area is 191 Å². The van der Waals surface area contributed by atoms with Gasteiger partial charge in [0, 0.05) is 64.6 Å². The number of anilines is 3. The van der Waals surface area contributed by atoms with Crippen molar-refractivity contribution in [2.45, 2.75) is 0 Å². The molecule has 2 aromatic rings. The van der Waals surface area contributed by atoms with Crippen LogP contribution < -0.4 is 15.1 Å². The van der Waals surface area contributed by atoms with Gasteiger partial charge in [0.05, 0.1) is 11.6 Å². The molecule has 0 aliphatic carbocycles. The van der Waals surface area contributed by atoms with Gasteiger partial charge in [-0.15, -0.1) is 10.2 Å². The number of aromatic nitrogens is 2. The molecule has 2 amide bonds. The predicted octanol–water partition coefficient (Wildman–Crippen LogP) is 1.74. The number of amides is 2. The van der Waals surface area contributed by atoms with Gasteiger partial charge in [-0.25, -0.2) is 9.18 Å². The fraction of sp³-hybridized carbons (Fsp3) is 0.476. The van der Waals surface area contributed by atoms with Gasteiger partial charge in [-0.1, -0.05) is 11.6 Å². The van der Waals surface area contributed by atoms with Gasteiger partial charge in [-0.3, -0.25) is 4.90 Å². The quantitative estimate of drug-likeness (QED) is 0.698. The Morgan fingerprint density at radius 1 is 0.969 bits per heavy atom. The van der Waals surface area contributed by atoms with Crippen molar-refractivity contribution < 1.29 is 14.3 Å². The largest absolute Gasteiger partial charge is 0.395 e. The SMILES string of the molecule is O=C(Nc1ccc(F)c(Cl)c1)N1CCN(c2ccc(N3CCN(CCO)CC3)nn2)CC1. The number of carbonyl (C=O) groups excluding carboxylic acids is 1. The van der Waals surface area contributed by atoms with Gasteiger partial charge in [0.2, 0.25) is 0 Å². The molecular weight excluding hydrogens is 437 g/mol. The topological polar surface area (TPSA) is 88.1 Å². The van der Waals surface area contributed by atoms with Crippen molar-refractivity contribution >= 4 is 35.0 Å². The van der Waals surface area contributed by atoms with Crippen molar-refractivity contribution in [2.24, 2.45) is 0 Å².